The average Bonchev–Trinajstić information content (AvgIpc) is 2.30. The smallest absolute Gasteiger partial charge is 0.138 e. The van der Waals surface area contributed by atoms with Gasteiger partial charge < -0.3 is 10.5 Å². The number of hydrogen-bond donors (Lipinski definition) is 1. The topological polar surface area (TPSA) is 35.2 Å². The summed E-state index contributed by atoms with van der Waals surface area (Å²) in [5.41, 5.74) is 7.41. The lowest BCUT2D eigenvalue weighted by Gasteiger charge is -2.07. The van der Waals surface area contributed by atoms with E-state index in [2.05, 4.69) is 0 Å². The van der Waals surface area contributed by atoms with Gasteiger partial charge in [-0.2, -0.15) is 0 Å². The zero-order valence-corrected chi connectivity index (χ0v) is 9.45. The van der Waals surface area contributed by atoms with Gasteiger partial charge in [0.05, 0.1) is 5.02 Å². The van der Waals surface area contributed by atoms with Crippen LogP contribution in [0.15, 0.2) is 48.5 Å². The maximum atomic E-state index is 5.97. The Balaban J connectivity index is 2.02. The summed E-state index contributed by atoms with van der Waals surface area (Å²) < 4.78 is 5.59. The Morgan fingerprint density at radius 3 is 2.38 bits per heavy atom. The van der Waals surface area contributed by atoms with Gasteiger partial charge in [-0.25, -0.2) is 0 Å². The molecular weight excluding hydrogens is 222 g/mol. The second-order valence-corrected chi connectivity index (χ2v) is 3.87. The third-order valence-electron chi connectivity index (χ3n) is 2.21. The van der Waals surface area contributed by atoms with Crippen LogP contribution in [0.3, 0.4) is 0 Å². The van der Waals surface area contributed by atoms with E-state index in [0.717, 1.165) is 11.3 Å². The number of nitrogen functional groups attached to an aromatic ring is 1. The van der Waals surface area contributed by atoms with E-state index < -0.39 is 0 Å². The summed E-state index contributed by atoms with van der Waals surface area (Å²) >= 11 is 5.97. The molecule has 0 heterocycles. The SMILES string of the molecule is Nc1ccc(COc2ccccc2Cl)cc1. The van der Waals surface area contributed by atoms with Crippen LogP contribution in [0.4, 0.5) is 5.69 Å². The molecule has 0 aromatic heterocycles. The van der Waals surface area contributed by atoms with Crippen molar-refractivity contribution in [1.29, 1.82) is 0 Å². The van der Waals surface area contributed by atoms with E-state index in [9.17, 15) is 0 Å². The molecular formula is C13H12ClNO. The van der Waals surface area contributed by atoms with E-state index in [1.54, 1.807) is 6.07 Å². The molecule has 16 heavy (non-hydrogen) atoms. The third-order valence-corrected chi connectivity index (χ3v) is 2.52. The summed E-state index contributed by atoms with van der Waals surface area (Å²) in [7, 11) is 0. The fraction of sp³-hybridized carbons (Fsp3) is 0.0769. The van der Waals surface area contributed by atoms with Crippen LogP contribution in [-0.2, 0) is 6.61 Å². The third kappa shape index (κ3) is 2.67. The van der Waals surface area contributed by atoms with Gasteiger partial charge >= 0.3 is 0 Å². The van der Waals surface area contributed by atoms with Gasteiger partial charge in [-0.05, 0) is 29.8 Å². The Morgan fingerprint density at radius 2 is 1.69 bits per heavy atom. The molecule has 0 radical (unpaired) electrons. The van der Waals surface area contributed by atoms with Crippen molar-refractivity contribution in [3.05, 3.63) is 59.1 Å². The van der Waals surface area contributed by atoms with Crippen molar-refractivity contribution in [3.63, 3.8) is 0 Å². The van der Waals surface area contributed by atoms with E-state index in [-0.39, 0.29) is 0 Å². The Labute approximate surface area is 99.6 Å². The molecule has 2 aromatic carbocycles. The summed E-state index contributed by atoms with van der Waals surface area (Å²) in [6, 6.07) is 15.0. The van der Waals surface area contributed by atoms with E-state index in [1.807, 2.05) is 42.5 Å². The second kappa shape index (κ2) is 4.90. The number of hydrogen-bond acceptors (Lipinski definition) is 2. The van der Waals surface area contributed by atoms with E-state index in [1.165, 1.54) is 0 Å². The first kappa shape index (κ1) is 10.8. The lowest BCUT2D eigenvalue weighted by atomic mass is 10.2. The molecule has 2 aromatic rings. The largest absolute Gasteiger partial charge is 0.487 e. The van der Waals surface area contributed by atoms with Crippen LogP contribution in [0.5, 0.6) is 5.75 Å². The minimum Gasteiger partial charge on any atom is -0.487 e. The molecule has 0 fully saturated rings. The highest BCUT2D eigenvalue weighted by atomic mass is 35.5. The van der Waals surface area contributed by atoms with Crippen LogP contribution >= 0.6 is 11.6 Å². The highest BCUT2D eigenvalue weighted by molar-refractivity contribution is 6.32. The van der Waals surface area contributed by atoms with Crippen LogP contribution in [-0.4, -0.2) is 0 Å². The van der Waals surface area contributed by atoms with Crippen molar-refractivity contribution < 1.29 is 4.74 Å². The summed E-state index contributed by atoms with van der Waals surface area (Å²) in [6.07, 6.45) is 0. The number of halogens is 1. The fourth-order valence-electron chi connectivity index (χ4n) is 1.34. The summed E-state index contributed by atoms with van der Waals surface area (Å²) in [5.74, 6) is 0.695. The number of ether oxygens (including phenoxy) is 1. The first-order valence-corrected chi connectivity index (χ1v) is 5.35. The first-order chi connectivity index (χ1) is 7.75. The van der Waals surface area contributed by atoms with E-state index >= 15 is 0 Å². The van der Waals surface area contributed by atoms with Crippen molar-refractivity contribution in [3.8, 4) is 5.75 Å². The lowest BCUT2D eigenvalue weighted by Crippen LogP contribution is -1.96. The molecule has 0 spiro atoms. The van der Waals surface area contributed by atoms with Gasteiger partial charge in [0.25, 0.3) is 0 Å². The number of nitrogens with two attached hydrogens (primary N) is 1. The normalized spacial score (nSPS) is 10.1. The molecule has 0 aliphatic rings. The van der Waals surface area contributed by atoms with Gasteiger partial charge in [-0.3, -0.25) is 0 Å². The molecule has 2 N–H and O–H groups in total. The minimum atomic E-state index is 0.490. The fourth-order valence-corrected chi connectivity index (χ4v) is 1.53. The standard InChI is InChI=1S/C13H12ClNO/c14-12-3-1-2-4-13(12)16-9-10-5-7-11(15)8-6-10/h1-8H,9,15H2. The van der Waals surface area contributed by atoms with Crippen molar-refractivity contribution in [1.82, 2.24) is 0 Å². The highest BCUT2D eigenvalue weighted by Crippen LogP contribution is 2.24. The molecule has 0 amide bonds. The zero-order valence-electron chi connectivity index (χ0n) is 8.69. The van der Waals surface area contributed by atoms with Crippen molar-refractivity contribution >= 4 is 17.3 Å². The molecule has 0 unspecified atom stereocenters. The molecule has 0 bridgehead atoms. The van der Waals surface area contributed by atoms with Crippen molar-refractivity contribution in [2.75, 3.05) is 5.73 Å². The predicted molar refractivity (Wildman–Crippen MR) is 66.6 cm³/mol. The molecule has 0 aliphatic heterocycles. The number of anilines is 1. The van der Waals surface area contributed by atoms with Gasteiger partial charge in [0.15, 0.2) is 0 Å². The molecule has 2 nitrogen and oxygen atoms in total. The summed E-state index contributed by atoms with van der Waals surface area (Å²) in [6.45, 7) is 0.490. The second-order valence-electron chi connectivity index (χ2n) is 3.46. The molecule has 0 aliphatic carbocycles. The van der Waals surface area contributed by atoms with E-state index in [0.29, 0.717) is 17.4 Å². The molecule has 0 saturated carbocycles. The highest BCUT2D eigenvalue weighted by Gasteiger charge is 2.00. The zero-order chi connectivity index (χ0) is 11.4. The molecule has 2 rings (SSSR count). The summed E-state index contributed by atoms with van der Waals surface area (Å²) in [5, 5.41) is 0.623. The molecule has 0 atom stereocenters. The minimum absolute atomic E-state index is 0.490. The number of rotatable bonds is 3. The molecule has 0 saturated heterocycles. The maximum absolute atomic E-state index is 5.97. The number of para-hydroxylation sites is 1. The Kier molecular flexibility index (Phi) is 3.32. The van der Waals surface area contributed by atoms with Gasteiger partial charge in [0.2, 0.25) is 0 Å². The van der Waals surface area contributed by atoms with Crippen molar-refractivity contribution in [2.24, 2.45) is 0 Å². The molecule has 3 heteroatoms. The van der Waals surface area contributed by atoms with Crippen LogP contribution in [0, 0.1) is 0 Å². The lowest BCUT2D eigenvalue weighted by molar-refractivity contribution is 0.306. The van der Waals surface area contributed by atoms with Crippen LogP contribution in [0.1, 0.15) is 5.56 Å². The van der Waals surface area contributed by atoms with Crippen LogP contribution < -0.4 is 10.5 Å². The van der Waals surface area contributed by atoms with Gasteiger partial charge in [-0.15, -0.1) is 0 Å². The Morgan fingerprint density at radius 1 is 1.00 bits per heavy atom. The first-order valence-electron chi connectivity index (χ1n) is 4.97. The summed E-state index contributed by atoms with van der Waals surface area (Å²) in [4.78, 5) is 0. The number of benzene rings is 2. The Bertz CT molecular complexity index is 468. The van der Waals surface area contributed by atoms with E-state index in [4.69, 9.17) is 22.1 Å². The molecule has 82 valence electrons. The van der Waals surface area contributed by atoms with Crippen molar-refractivity contribution in [2.45, 2.75) is 6.61 Å². The maximum Gasteiger partial charge on any atom is 0.138 e. The van der Waals surface area contributed by atoms with Gasteiger partial charge in [-0.1, -0.05) is 35.9 Å². The monoisotopic (exact) mass is 233 g/mol. The Hall–Kier alpha value is -1.67. The average molecular weight is 234 g/mol. The van der Waals surface area contributed by atoms with Gasteiger partial charge in [0, 0.05) is 5.69 Å². The quantitative estimate of drug-likeness (QED) is 0.824. The predicted octanol–water partition coefficient (Wildman–Crippen LogP) is 3.50. The van der Waals surface area contributed by atoms with Crippen LogP contribution in [0.2, 0.25) is 5.02 Å². The van der Waals surface area contributed by atoms with Gasteiger partial charge in [0.1, 0.15) is 12.4 Å². The van der Waals surface area contributed by atoms with Crippen LogP contribution in [0.25, 0.3) is 0 Å².